The number of nitrogen functional groups attached to an aromatic ring is 1. The highest BCUT2D eigenvalue weighted by atomic mass is 32.1. The molecule has 2 aromatic carbocycles. The number of nitrogens with one attached hydrogen (secondary N) is 1. The second-order valence-corrected chi connectivity index (χ2v) is 9.69. The fraction of sp³-hybridized carbons (Fsp3) is 0.308. The fourth-order valence-electron chi connectivity index (χ4n) is 3.58. The number of anilines is 2. The number of methoxy groups -OCH3 is 2. The zero-order valence-corrected chi connectivity index (χ0v) is 22.2. The summed E-state index contributed by atoms with van der Waals surface area (Å²) < 4.78 is 14.6. The van der Waals surface area contributed by atoms with Crippen LogP contribution in [0.4, 0.5) is 11.4 Å². The first kappa shape index (κ1) is 27.5. The Morgan fingerprint density at radius 1 is 1.08 bits per heavy atom. The molecule has 0 spiro atoms. The molecular formula is C26H31N5O5S. The molecule has 3 rings (SSSR count). The Balaban J connectivity index is 2.25. The van der Waals surface area contributed by atoms with Crippen molar-refractivity contribution in [2.75, 3.05) is 24.9 Å². The number of nitrogens with two attached hydrogens (primary N) is 2. The normalized spacial score (nSPS) is 11.9. The number of benzene rings is 2. The third-order valence-electron chi connectivity index (χ3n) is 5.99. The summed E-state index contributed by atoms with van der Waals surface area (Å²) in [6.07, 6.45) is 0.658. The number of amides is 3. The highest BCUT2D eigenvalue weighted by molar-refractivity contribution is 7.09. The van der Waals surface area contributed by atoms with Crippen LogP contribution in [-0.2, 0) is 4.79 Å². The zero-order chi connectivity index (χ0) is 27.3. The van der Waals surface area contributed by atoms with Crippen LogP contribution < -0.4 is 31.2 Å². The summed E-state index contributed by atoms with van der Waals surface area (Å²) in [5.74, 6) is -0.815. The Hall–Kier alpha value is -4.12. The van der Waals surface area contributed by atoms with E-state index in [0.717, 1.165) is 11.5 Å². The van der Waals surface area contributed by atoms with Crippen molar-refractivity contribution >= 4 is 40.6 Å². The second kappa shape index (κ2) is 11.3. The summed E-state index contributed by atoms with van der Waals surface area (Å²) in [6.45, 7) is 5.75. The first-order valence-electron chi connectivity index (χ1n) is 11.5. The second-order valence-electron chi connectivity index (χ2n) is 8.92. The Morgan fingerprint density at radius 2 is 1.73 bits per heavy atom. The molecular weight excluding hydrogens is 494 g/mol. The Bertz CT molecular complexity index is 1290. The van der Waals surface area contributed by atoms with Gasteiger partial charge in [0, 0.05) is 17.3 Å². The van der Waals surface area contributed by atoms with Crippen molar-refractivity contribution in [2.24, 2.45) is 5.73 Å². The molecule has 1 heterocycles. The highest BCUT2D eigenvalue weighted by Gasteiger charge is 2.37. The Labute approximate surface area is 219 Å². The van der Waals surface area contributed by atoms with E-state index in [2.05, 4.69) is 9.69 Å². The van der Waals surface area contributed by atoms with Gasteiger partial charge in [0.15, 0.2) is 5.69 Å². The molecule has 3 amide bonds. The standard InChI is InChI=1S/C26H31N5O5S/c1-6-26(2,3)29-24(33)21(15-10-12-17(35-4)13-11-15)31(16-8-7-9-18(14-16)36-5)25(34)22-19(27)20(23(28)32)30-37-22/h7-14,21H,6,27H2,1-5H3,(H2,28,32)(H,29,33). The number of aromatic nitrogens is 1. The molecule has 0 bridgehead atoms. The van der Waals surface area contributed by atoms with E-state index in [1.807, 2.05) is 20.8 Å². The van der Waals surface area contributed by atoms with E-state index in [1.54, 1.807) is 48.5 Å². The lowest BCUT2D eigenvalue weighted by molar-refractivity contribution is -0.124. The highest BCUT2D eigenvalue weighted by Crippen LogP contribution is 2.35. The summed E-state index contributed by atoms with van der Waals surface area (Å²) in [5.41, 5.74) is 11.5. The molecule has 5 N–H and O–H groups in total. The van der Waals surface area contributed by atoms with Crippen LogP contribution in [0.25, 0.3) is 0 Å². The number of primary amides is 1. The van der Waals surface area contributed by atoms with Crippen molar-refractivity contribution in [1.82, 2.24) is 9.69 Å². The Kier molecular flexibility index (Phi) is 8.38. The lowest BCUT2D eigenvalue weighted by atomic mass is 9.98. The number of nitrogens with zero attached hydrogens (tertiary/aromatic N) is 2. The van der Waals surface area contributed by atoms with E-state index < -0.39 is 29.3 Å². The molecule has 0 aliphatic rings. The van der Waals surface area contributed by atoms with Crippen molar-refractivity contribution in [3.05, 3.63) is 64.7 Å². The maximum Gasteiger partial charge on any atom is 0.273 e. The number of ether oxygens (including phenoxy) is 2. The summed E-state index contributed by atoms with van der Waals surface area (Å²) >= 11 is 0.744. The third kappa shape index (κ3) is 6.00. The Morgan fingerprint density at radius 3 is 2.27 bits per heavy atom. The van der Waals surface area contributed by atoms with Gasteiger partial charge in [-0.15, -0.1) is 0 Å². The van der Waals surface area contributed by atoms with Crippen molar-refractivity contribution in [2.45, 2.75) is 38.8 Å². The average Bonchev–Trinajstić information content (AvgIpc) is 3.28. The van der Waals surface area contributed by atoms with Gasteiger partial charge in [0.1, 0.15) is 22.4 Å². The number of carbonyl (C=O) groups is 3. The van der Waals surface area contributed by atoms with Gasteiger partial charge in [-0.05, 0) is 61.6 Å². The van der Waals surface area contributed by atoms with Crippen molar-refractivity contribution in [3.63, 3.8) is 0 Å². The molecule has 0 aliphatic carbocycles. The fourth-order valence-corrected chi connectivity index (χ4v) is 4.32. The van der Waals surface area contributed by atoms with Crippen LogP contribution in [-0.4, -0.2) is 41.9 Å². The van der Waals surface area contributed by atoms with E-state index in [1.165, 1.54) is 19.1 Å². The van der Waals surface area contributed by atoms with Gasteiger partial charge in [0.2, 0.25) is 5.91 Å². The number of carbonyl (C=O) groups excluding carboxylic acids is 3. The minimum atomic E-state index is -1.12. The SMILES string of the molecule is CCC(C)(C)NC(=O)C(c1ccc(OC)cc1)N(C(=O)c1snc(C(N)=O)c1N)c1cccc(OC)c1. The van der Waals surface area contributed by atoms with Gasteiger partial charge in [-0.2, -0.15) is 4.37 Å². The molecule has 0 saturated carbocycles. The minimum Gasteiger partial charge on any atom is -0.497 e. The first-order valence-corrected chi connectivity index (χ1v) is 12.3. The lowest BCUT2D eigenvalue weighted by Gasteiger charge is -2.34. The number of hydrogen-bond donors (Lipinski definition) is 3. The summed E-state index contributed by atoms with van der Waals surface area (Å²) in [5, 5.41) is 3.04. The minimum absolute atomic E-state index is 0.0160. The molecule has 0 fully saturated rings. The molecule has 196 valence electrons. The molecule has 1 unspecified atom stereocenters. The summed E-state index contributed by atoms with van der Waals surface area (Å²) in [4.78, 5) is 41.1. The van der Waals surface area contributed by atoms with Crippen LogP contribution in [0.2, 0.25) is 0 Å². The predicted molar refractivity (Wildman–Crippen MR) is 143 cm³/mol. The quantitative estimate of drug-likeness (QED) is 0.366. The number of rotatable bonds is 10. The maximum atomic E-state index is 14.1. The topological polar surface area (TPSA) is 150 Å². The van der Waals surface area contributed by atoms with Crippen molar-refractivity contribution < 1.29 is 23.9 Å². The van der Waals surface area contributed by atoms with E-state index in [9.17, 15) is 14.4 Å². The zero-order valence-electron chi connectivity index (χ0n) is 21.4. The van der Waals surface area contributed by atoms with Crippen LogP contribution >= 0.6 is 11.5 Å². The van der Waals surface area contributed by atoms with E-state index >= 15 is 0 Å². The van der Waals surface area contributed by atoms with E-state index in [4.69, 9.17) is 20.9 Å². The first-order chi connectivity index (χ1) is 17.5. The van der Waals surface area contributed by atoms with Crippen LogP contribution in [0.15, 0.2) is 48.5 Å². The average molecular weight is 526 g/mol. The van der Waals surface area contributed by atoms with Crippen molar-refractivity contribution in [3.8, 4) is 11.5 Å². The summed E-state index contributed by atoms with van der Waals surface area (Å²) in [7, 11) is 3.04. The molecule has 3 aromatic rings. The molecule has 37 heavy (non-hydrogen) atoms. The molecule has 0 radical (unpaired) electrons. The van der Waals surface area contributed by atoms with Gasteiger partial charge in [-0.3, -0.25) is 19.3 Å². The van der Waals surface area contributed by atoms with Gasteiger partial charge < -0.3 is 26.3 Å². The van der Waals surface area contributed by atoms with Crippen LogP contribution in [0.3, 0.4) is 0 Å². The summed E-state index contributed by atoms with van der Waals surface area (Å²) in [6, 6.07) is 12.5. The van der Waals surface area contributed by atoms with Gasteiger partial charge >= 0.3 is 0 Å². The smallest absolute Gasteiger partial charge is 0.273 e. The van der Waals surface area contributed by atoms with Gasteiger partial charge in [0.05, 0.1) is 19.9 Å². The molecule has 1 aromatic heterocycles. The van der Waals surface area contributed by atoms with Gasteiger partial charge in [0.25, 0.3) is 11.8 Å². The molecule has 0 saturated heterocycles. The van der Waals surface area contributed by atoms with Crippen LogP contribution in [0.1, 0.15) is 59.0 Å². The monoisotopic (exact) mass is 525 g/mol. The molecule has 10 nitrogen and oxygen atoms in total. The lowest BCUT2D eigenvalue weighted by Crippen LogP contribution is -2.50. The van der Waals surface area contributed by atoms with Gasteiger partial charge in [-0.25, -0.2) is 0 Å². The third-order valence-corrected chi connectivity index (χ3v) is 6.84. The number of hydrogen-bond acceptors (Lipinski definition) is 8. The largest absolute Gasteiger partial charge is 0.497 e. The van der Waals surface area contributed by atoms with Crippen molar-refractivity contribution in [1.29, 1.82) is 0 Å². The van der Waals surface area contributed by atoms with E-state index in [0.29, 0.717) is 29.2 Å². The van der Waals surface area contributed by atoms with E-state index in [-0.39, 0.29) is 16.3 Å². The molecule has 11 heteroatoms. The maximum absolute atomic E-state index is 14.1. The van der Waals surface area contributed by atoms with Crippen LogP contribution in [0.5, 0.6) is 11.5 Å². The predicted octanol–water partition coefficient (Wildman–Crippen LogP) is 3.53. The van der Waals surface area contributed by atoms with Gasteiger partial charge in [-0.1, -0.05) is 25.1 Å². The molecule has 1 atom stereocenters. The van der Waals surface area contributed by atoms with Crippen LogP contribution in [0, 0.1) is 0 Å². The molecule has 0 aliphatic heterocycles.